The monoisotopic (exact) mass is 516 g/mol. The maximum Gasteiger partial charge on any atom is 0.195 e. The normalized spacial score (nSPS) is 17.4. The molecule has 2 atom stereocenters. The lowest BCUT2D eigenvalue weighted by atomic mass is 9.95. The van der Waals surface area contributed by atoms with Gasteiger partial charge in [-0.1, -0.05) is 66.7 Å². The van der Waals surface area contributed by atoms with Crippen molar-refractivity contribution >= 4 is 27.4 Å². The van der Waals surface area contributed by atoms with Gasteiger partial charge in [-0.3, -0.25) is 4.79 Å². The first kappa shape index (κ1) is 22.3. The summed E-state index contributed by atoms with van der Waals surface area (Å²) in [6.45, 7) is 0. The van der Waals surface area contributed by atoms with Crippen LogP contribution in [0.5, 0.6) is 0 Å². The van der Waals surface area contributed by atoms with Crippen molar-refractivity contribution in [3.63, 3.8) is 0 Å². The quantitative estimate of drug-likeness (QED) is 0.254. The number of hydrogen-bond acceptors (Lipinski definition) is 3. The van der Waals surface area contributed by atoms with Crippen LogP contribution in [0.25, 0.3) is 22.3 Å². The summed E-state index contributed by atoms with van der Waals surface area (Å²) in [4.78, 5) is 16.1. The smallest absolute Gasteiger partial charge is 0.195 e. The van der Waals surface area contributed by atoms with E-state index in [4.69, 9.17) is 0 Å². The fourth-order valence-corrected chi connectivity index (χ4v) is 7.94. The summed E-state index contributed by atoms with van der Waals surface area (Å²) in [6, 6.07) is 35.0. The summed E-state index contributed by atoms with van der Waals surface area (Å²) in [5.41, 5.74) is 7.27. The Balaban J connectivity index is 1.21. The van der Waals surface area contributed by atoms with Crippen LogP contribution in [0, 0.1) is 0 Å². The molecule has 0 saturated carbocycles. The highest BCUT2D eigenvalue weighted by Crippen LogP contribution is 2.36. The number of hydrogen-bond donors (Lipinski definition) is 0. The van der Waals surface area contributed by atoms with Gasteiger partial charge in [0, 0.05) is 20.9 Å². The Hall–Kier alpha value is -3.93. The van der Waals surface area contributed by atoms with E-state index in [0.717, 1.165) is 49.6 Å². The molecule has 0 aromatic heterocycles. The molecule has 5 aromatic rings. The van der Waals surface area contributed by atoms with Gasteiger partial charge >= 0.3 is 0 Å². The Morgan fingerprint density at radius 3 is 1.73 bits per heavy atom. The van der Waals surface area contributed by atoms with Gasteiger partial charge in [0.15, 0.2) is 5.78 Å². The minimum atomic E-state index is -1.36. The van der Waals surface area contributed by atoms with Crippen LogP contribution in [-0.2, 0) is 28.0 Å². The van der Waals surface area contributed by atoms with E-state index in [1.807, 2.05) is 66.7 Å². The average Bonchev–Trinajstić information content (AvgIpc) is 2.95. The first-order valence-corrected chi connectivity index (χ1v) is 14.3. The summed E-state index contributed by atoms with van der Waals surface area (Å²) >= 11 is 0. The Kier molecular flexibility index (Phi) is 5.17. The van der Waals surface area contributed by atoms with Crippen LogP contribution in [0.3, 0.4) is 0 Å². The van der Waals surface area contributed by atoms with Crippen molar-refractivity contribution in [2.75, 3.05) is 0 Å². The minimum absolute atomic E-state index is 0.0864. The predicted octanol–water partition coefficient (Wildman–Crippen LogP) is 6.80. The average molecular weight is 517 g/mol. The van der Waals surface area contributed by atoms with Gasteiger partial charge in [-0.15, -0.1) is 0 Å². The second kappa shape index (κ2) is 8.58. The van der Waals surface area contributed by atoms with E-state index in [-0.39, 0.29) is 5.78 Å². The van der Waals surface area contributed by atoms with E-state index in [1.165, 1.54) is 0 Å². The molecule has 3 nitrogen and oxygen atoms in total. The fourth-order valence-electron chi connectivity index (χ4n) is 5.22. The zero-order valence-corrected chi connectivity index (χ0v) is 21.3. The Bertz CT molecular complexity index is 1800. The Labute approximate surface area is 219 Å². The molecule has 5 aromatic carbocycles. The molecule has 2 aliphatic rings. The van der Waals surface area contributed by atoms with E-state index in [2.05, 4.69) is 24.3 Å². The SMILES string of the molecule is O=C1c2ccccc2S(=O)c2ccc(-c3ccc(-c4ccc5c(c4)Cc4ccccc4S5=O)cc3)cc21. The first-order valence-electron chi connectivity index (χ1n) is 12.0. The summed E-state index contributed by atoms with van der Waals surface area (Å²) < 4.78 is 26.1. The molecule has 0 N–H and O–H groups in total. The van der Waals surface area contributed by atoms with Gasteiger partial charge in [0.05, 0.1) is 31.4 Å². The van der Waals surface area contributed by atoms with Crippen LogP contribution >= 0.6 is 0 Å². The molecular weight excluding hydrogens is 496 g/mol. The van der Waals surface area contributed by atoms with Crippen molar-refractivity contribution in [3.05, 3.63) is 131 Å². The lowest BCUT2D eigenvalue weighted by molar-refractivity contribution is 0.103. The van der Waals surface area contributed by atoms with Gasteiger partial charge in [-0.25, -0.2) is 8.42 Å². The molecule has 0 fully saturated rings. The topological polar surface area (TPSA) is 51.2 Å². The van der Waals surface area contributed by atoms with Gasteiger partial charge in [-0.05, 0) is 82.3 Å². The fraction of sp³-hybridized carbons (Fsp3) is 0.0312. The van der Waals surface area contributed by atoms with Gasteiger partial charge in [0.2, 0.25) is 0 Å². The molecule has 2 unspecified atom stereocenters. The largest absolute Gasteiger partial charge is 0.289 e. The predicted molar refractivity (Wildman–Crippen MR) is 146 cm³/mol. The van der Waals surface area contributed by atoms with Crippen molar-refractivity contribution in [1.29, 1.82) is 0 Å². The second-order valence-electron chi connectivity index (χ2n) is 9.26. The number of carbonyl (C=O) groups excluding carboxylic acids is 1. The molecule has 0 radical (unpaired) electrons. The highest BCUT2D eigenvalue weighted by Gasteiger charge is 2.28. The van der Waals surface area contributed by atoms with Crippen molar-refractivity contribution < 1.29 is 13.2 Å². The van der Waals surface area contributed by atoms with Crippen molar-refractivity contribution in [2.24, 2.45) is 0 Å². The van der Waals surface area contributed by atoms with Crippen LogP contribution in [-0.4, -0.2) is 14.2 Å². The maximum atomic E-state index is 13.1. The lowest BCUT2D eigenvalue weighted by Crippen LogP contribution is -2.16. The van der Waals surface area contributed by atoms with Crippen LogP contribution in [0.2, 0.25) is 0 Å². The van der Waals surface area contributed by atoms with Gasteiger partial charge in [0.1, 0.15) is 0 Å². The number of rotatable bonds is 2. The number of ketones is 1. The molecule has 37 heavy (non-hydrogen) atoms. The maximum absolute atomic E-state index is 13.1. The molecule has 7 rings (SSSR count). The lowest BCUT2D eigenvalue weighted by Gasteiger charge is -2.20. The van der Waals surface area contributed by atoms with Gasteiger partial charge in [0.25, 0.3) is 0 Å². The number of benzene rings is 5. The molecule has 178 valence electrons. The van der Waals surface area contributed by atoms with E-state index in [9.17, 15) is 13.2 Å². The van der Waals surface area contributed by atoms with Gasteiger partial charge in [-0.2, -0.15) is 0 Å². The molecular formula is C32H20O3S2. The Morgan fingerprint density at radius 2 is 0.973 bits per heavy atom. The summed E-state index contributed by atoms with van der Waals surface area (Å²) in [6.07, 6.45) is 0.775. The van der Waals surface area contributed by atoms with Crippen LogP contribution in [0.15, 0.2) is 129 Å². The molecule has 0 spiro atoms. The van der Waals surface area contributed by atoms with E-state index in [0.29, 0.717) is 20.9 Å². The molecule has 0 amide bonds. The zero-order valence-electron chi connectivity index (χ0n) is 19.6. The highest BCUT2D eigenvalue weighted by molar-refractivity contribution is 7.85. The van der Waals surface area contributed by atoms with E-state index in [1.54, 1.807) is 18.2 Å². The molecule has 0 aliphatic carbocycles. The van der Waals surface area contributed by atoms with Crippen molar-refractivity contribution in [1.82, 2.24) is 0 Å². The van der Waals surface area contributed by atoms with Crippen molar-refractivity contribution in [3.8, 4) is 22.3 Å². The van der Waals surface area contributed by atoms with E-state index >= 15 is 0 Å². The third kappa shape index (κ3) is 3.57. The molecule has 0 saturated heterocycles. The molecule has 2 aliphatic heterocycles. The third-order valence-electron chi connectivity index (χ3n) is 7.12. The third-order valence-corrected chi connectivity index (χ3v) is 10.2. The number of carbonyl (C=O) groups is 1. The van der Waals surface area contributed by atoms with Crippen LogP contribution < -0.4 is 0 Å². The molecule has 5 heteroatoms. The molecule has 0 bridgehead atoms. The van der Waals surface area contributed by atoms with Gasteiger partial charge < -0.3 is 0 Å². The zero-order chi connectivity index (χ0) is 25.1. The van der Waals surface area contributed by atoms with Crippen LogP contribution in [0.1, 0.15) is 27.0 Å². The second-order valence-corrected chi connectivity index (χ2v) is 12.1. The van der Waals surface area contributed by atoms with Crippen molar-refractivity contribution in [2.45, 2.75) is 26.0 Å². The highest BCUT2D eigenvalue weighted by atomic mass is 32.2. The summed E-state index contributed by atoms with van der Waals surface area (Å²) in [7, 11) is -2.52. The number of fused-ring (bicyclic) bond motifs is 4. The summed E-state index contributed by atoms with van der Waals surface area (Å²) in [5.74, 6) is -0.0864. The standard InChI is InChI=1S/C32H20O3S2/c33-32-26-6-2-4-8-30(26)37(35)31-16-14-23(19-27(31)32)21-11-9-20(10-12-21)22-13-15-29-25(17-22)18-24-5-1-3-7-28(24)36(29)34/h1-17,19H,18H2. The van der Waals surface area contributed by atoms with Crippen LogP contribution in [0.4, 0.5) is 0 Å². The first-order chi connectivity index (χ1) is 18.1. The molecule has 2 heterocycles. The van der Waals surface area contributed by atoms with E-state index < -0.39 is 21.6 Å². The Morgan fingerprint density at radius 1 is 0.459 bits per heavy atom. The minimum Gasteiger partial charge on any atom is -0.289 e. The summed E-state index contributed by atoms with van der Waals surface area (Å²) in [5, 5.41) is 0.